The predicted octanol–water partition coefficient (Wildman–Crippen LogP) is -5.76. The maximum Gasteiger partial charge on any atom is 2.00 e. The second kappa shape index (κ2) is 16.3. The van der Waals surface area contributed by atoms with Crippen LogP contribution in [0.25, 0.3) is 0 Å². The zero-order chi connectivity index (χ0) is 7.15. The Balaban J connectivity index is -0.0000000300. The standard InChI is InChI=1S/2O3Si.2Ti/c2*1-4(2)3;;/q2*-2;2*+2. The maximum atomic E-state index is 8.52. The van der Waals surface area contributed by atoms with Crippen molar-refractivity contribution in [3.05, 3.63) is 0 Å². The molecule has 10 heavy (non-hydrogen) atoms. The molecule has 6 nitrogen and oxygen atoms in total. The molecule has 0 saturated heterocycles. The Morgan fingerprint density at radius 3 is 0.700 bits per heavy atom. The van der Waals surface area contributed by atoms with Gasteiger partial charge in [-0.1, -0.05) is 0 Å². The van der Waals surface area contributed by atoms with Crippen LogP contribution in [-0.4, -0.2) is 18.3 Å². The quantitative estimate of drug-likeness (QED) is 0.393. The maximum absolute atomic E-state index is 8.52. The van der Waals surface area contributed by atoms with Crippen LogP contribution in [-0.2, 0) is 52.4 Å². The molecule has 0 aliphatic carbocycles. The molecule has 0 radical (unpaired) electrons. The first-order valence-electron chi connectivity index (χ1n) is 1.22. The molecule has 10 heteroatoms. The molecule has 0 heterocycles. The first kappa shape index (κ1) is 22.4. The van der Waals surface area contributed by atoms with Gasteiger partial charge in [0.25, 0.3) is 0 Å². The van der Waals surface area contributed by atoms with Crippen molar-refractivity contribution in [2.24, 2.45) is 0 Å². The number of hydrogen-bond donors (Lipinski definition) is 0. The molecule has 0 aromatic rings. The first-order chi connectivity index (χ1) is 3.46. The van der Waals surface area contributed by atoms with Gasteiger partial charge in [0.1, 0.15) is 0 Å². The predicted molar refractivity (Wildman–Crippen MR) is 12.9 cm³/mol. The van der Waals surface area contributed by atoms with Gasteiger partial charge in [0.15, 0.2) is 0 Å². The van der Waals surface area contributed by atoms with Crippen LogP contribution < -0.4 is 19.2 Å². The summed E-state index contributed by atoms with van der Waals surface area (Å²) in [5, 5.41) is 0. The zero-order valence-electron chi connectivity index (χ0n) is 4.45. The Morgan fingerprint density at radius 2 is 0.700 bits per heavy atom. The molecule has 0 bridgehead atoms. The second-order valence-corrected chi connectivity index (χ2v) is 1.50. The molecule has 0 rings (SSSR count). The van der Waals surface area contributed by atoms with Crippen molar-refractivity contribution in [2.45, 2.75) is 0 Å². The van der Waals surface area contributed by atoms with E-state index in [2.05, 4.69) is 0 Å². The molecular formula is O6Si2Ti2. The van der Waals surface area contributed by atoms with Crippen molar-refractivity contribution in [2.75, 3.05) is 0 Å². The molecule has 0 fully saturated rings. The molecule has 0 unspecified atom stereocenters. The molecule has 0 aromatic carbocycles. The van der Waals surface area contributed by atoms with Crippen molar-refractivity contribution in [1.29, 1.82) is 0 Å². The molecule has 0 N–H and O–H groups in total. The Hall–Kier alpha value is 0.662. The number of hydrogen-bond acceptors (Lipinski definition) is 6. The van der Waals surface area contributed by atoms with E-state index in [9.17, 15) is 0 Å². The summed E-state index contributed by atoms with van der Waals surface area (Å²) < 4.78 is 17.0. The fourth-order valence-corrected chi connectivity index (χ4v) is 0. The smallest absolute Gasteiger partial charge is 0.672 e. The molecule has 0 atom stereocenters. The van der Waals surface area contributed by atoms with Crippen LogP contribution in [0.1, 0.15) is 0 Å². The van der Waals surface area contributed by atoms with E-state index < -0.39 is 18.3 Å². The summed E-state index contributed by atoms with van der Waals surface area (Å²) in [7, 11) is -7.26. The van der Waals surface area contributed by atoms with Gasteiger partial charge in [-0.2, -0.15) is 0 Å². The third kappa shape index (κ3) is 1160. The van der Waals surface area contributed by atoms with Crippen LogP contribution in [0.5, 0.6) is 0 Å². The van der Waals surface area contributed by atoms with Crippen molar-refractivity contribution in [1.82, 2.24) is 0 Å². The van der Waals surface area contributed by atoms with Gasteiger partial charge >= 0.3 is 43.4 Å². The van der Waals surface area contributed by atoms with Gasteiger partial charge < -0.3 is 28.1 Å². The summed E-state index contributed by atoms with van der Waals surface area (Å²) in [4.78, 5) is 34.1. The SMILES string of the molecule is O=[Si]([O-])[O-].O=[Si]([O-])[O-].[Ti+2].[Ti+2]. The molecule has 52 valence electrons. The van der Waals surface area contributed by atoms with Gasteiger partial charge in [-0.25, -0.2) is 0 Å². The van der Waals surface area contributed by atoms with Crippen LogP contribution in [0.3, 0.4) is 0 Å². The van der Waals surface area contributed by atoms with Crippen LogP contribution in [0.4, 0.5) is 0 Å². The summed E-state index contributed by atoms with van der Waals surface area (Å²) in [5.41, 5.74) is 0. The topological polar surface area (TPSA) is 126 Å². The molecule has 0 amide bonds. The van der Waals surface area contributed by atoms with Gasteiger partial charge in [0.05, 0.1) is 0 Å². The molecule has 0 aliphatic heterocycles. The monoisotopic (exact) mass is 248 g/mol. The van der Waals surface area contributed by atoms with Crippen molar-refractivity contribution in [3.8, 4) is 0 Å². The largest absolute Gasteiger partial charge is 2.00 e. The summed E-state index contributed by atoms with van der Waals surface area (Å²) in [6, 6.07) is 0. The van der Waals surface area contributed by atoms with Crippen molar-refractivity contribution >= 4 is 18.3 Å². The van der Waals surface area contributed by atoms with E-state index in [1.807, 2.05) is 0 Å². The summed E-state index contributed by atoms with van der Waals surface area (Å²) in [5.74, 6) is 0. The van der Waals surface area contributed by atoms with Crippen LogP contribution in [0.15, 0.2) is 0 Å². The van der Waals surface area contributed by atoms with Crippen LogP contribution in [0.2, 0.25) is 0 Å². The van der Waals surface area contributed by atoms with Gasteiger partial charge in [-0.3, -0.25) is 0 Å². The van der Waals surface area contributed by atoms with Gasteiger partial charge in [0, 0.05) is 18.3 Å². The Labute approximate surface area is 89.5 Å². The van der Waals surface area contributed by atoms with E-state index in [4.69, 9.17) is 28.1 Å². The third-order valence-electron chi connectivity index (χ3n) is 0. The molecular weight excluding hydrogens is 248 g/mol. The van der Waals surface area contributed by atoms with Crippen molar-refractivity contribution in [3.63, 3.8) is 0 Å². The Bertz CT molecular complexity index is 71.7. The normalized spacial score (nSPS) is 4.80. The molecule has 0 spiro atoms. The van der Waals surface area contributed by atoms with Crippen molar-refractivity contribution < 1.29 is 71.5 Å². The van der Waals surface area contributed by atoms with Gasteiger partial charge in [-0.15, -0.1) is 0 Å². The average Bonchev–Trinajstić information content (AvgIpc) is 1.25. The minimum absolute atomic E-state index is 0. The van der Waals surface area contributed by atoms with Gasteiger partial charge in [0.2, 0.25) is 0 Å². The minimum Gasteiger partial charge on any atom is -0.672 e. The van der Waals surface area contributed by atoms with E-state index in [0.29, 0.717) is 0 Å². The summed E-state index contributed by atoms with van der Waals surface area (Å²) in [6.07, 6.45) is 0. The minimum atomic E-state index is -3.63. The summed E-state index contributed by atoms with van der Waals surface area (Å²) in [6.45, 7) is 0. The molecule has 0 aliphatic rings. The van der Waals surface area contributed by atoms with Crippen LogP contribution in [0, 0.1) is 0 Å². The van der Waals surface area contributed by atoms with E-state index >= 15 is 0 Å². The summed E-state index contributed by atoms with van der Waals surface area (Å²) >= 11 is 0. The number of rotatable bonds is 0. The van der Waals surface area contributed by atoms with Crippen LogP contribution >= 0.6 is 0 Å². The first-order valence-corrected chi connectivity index (χ1v) is 3.67. The average molecular weight is 248 g/mol. The van der Waals surface area contributed by atoms with E-state index in [-0.39, 0.29) is 43.4 Å². The third-order valence-corrected chi connectivity index (χ3v) is 0. The molecule has 0 saturated carbocycles. The Morgan fingerprint density at radius 1 is 0.700 bits per heavy atom. The van der Waals surface area contributed by atoms with E-state index in [1.54, 1.807) is 0 Å². The zero-order valence-corrected chi connectivity index (χ0v) is 9.57. The van der Waals surface area contributed by atoms with E-state index in [1.165, 1.54) is 0 Å². The fraction of sp³-hybridized carbons (Fsp3) is 0. The van der Waals surface area contributed by atoms with E-state index in [0.717, 1.165) is 0 Å². The van der Waals surface area contributed by atoms with Gasteiger partial charge in [-0.05, 0) is 0 Å². The fourth-order valence-electron chi connectivity index (χ4n) is 0. The Kier molecular flexibility index (Phi) is 36.6. The second-order valence-electron chi connectivity index (χ2n) is 0.500. The molecule has 0 aromatic heterocycles.